The van der Waals surface area contributed by atoms with Gasteiger partial charge in [0.25, 0.3) is 0 Å². The number of alkyl halides is 3. The van der Waals surface area contributed by atoms with E-state index in [-0.39, 0.29) is 18.1 Å². The third-order valence-corrected chi connectivity index (χ3v) is 5.26. The lowest BCUT2D eigenvalue weighted by Gasteiger charge is -2.34. The van der Waals surface area contributed by atoms with Gasteiger partial charge in [-0.15, -0.1) is 0 Å². The first-order chi connectivity index (χ1) is 14.2. The number of benzene rings is 1. The third-order valence-electron chi connectivity index (χ3n) is 5.26. The highest BCUT2D eigenvalue weighted by atomic mass is 19.4. The molecule has 1 aromatic carbocycles. The van der Waals surface area contributed by atoms with Crippen molar-refractivity contribution >= 4 is 11.9 Å². The lowest BCUT2D eigenvalue weighted by Crippen LogP contribution is -2.42. The highest BCUT2D eigenvalue weighted by Crippen LogP contribution is 2.35. The minimum absolute atomic E-state index is 0.00159. The molecule has 3 aliphatic rings. The number of piperidine rings is 1. The molecule has 0 saturated carbocycles. The van der Waals surface area contributed by atoms with E-state index in [0.29, 0.717) is 12.7 Å². The van der Waals surface area contributed by atoms with Gasteiger partial charge in [-0.1, -0.05) is 6.07 Å². The summed E-state index contributed by atoms with van der Waals surface area (Å²) in [6.45, 7) is 3.10. The summed E-state index contributed by atoms with van der Waals surface area (Å²) in [6, 6.07) is 6.11. The second-order valence-electron chi connectivity index (χ2n) is 7.29. The Hall–Kier alpha value is -2.53. The van der Waals surface area contributed by atoms with Gasteiger partial charge in [0.05, 0.1) is 6.10 Å². The zero-order valence-corrected chi connectivity index (χ0v) is 16.3. The molecule has 11 heteroatoms. The number of amides is 1. The van der Waals surface area contributed by atoms with Gasteiger partial charge < -0.3 is 24.6 Å². The Labute approximate surface area is 170 Å². The van der Waals surface area contributed by atoms with Gasteiger partial charge in [0.2, 0.25) is 12.7 Å². The lowest BCUT2D eigenvalue weighted by atomic mass is 9.91. The van der Waals surface area contributed by atoms with Crippen molar-refractivity contribution in [2.75, 3.05) is 26.9 Å². The number of likely N-dealkylation sites (N-methyl/N-ethyl adjacent to an activating group) is 1. The molecule has 8 nitrogen and oxygen atoms in total. The molecule has 1 aromatic rings. The second kappa shape index (κ2) is 9.09. The quantitative estimate of drug-likeness (QED) is 0.752. The summed E-state index contributed by atoms with van der Waals surface area (Å²) in [6.07, 6.45) is -3.26. The Bertz CT molecular complexity index is 788. The molecule has 166 valence electrons. The molecule has 1 amide bonds. The Morgan fingerprint density at radius 3 is 2.63 bits per heavy atom. The summed E-state index contributed by atoms with van der Waals surface area (Å²) in [4.78, 5) is 23.1. The topological polar surface area (TPSA) is 97.3 Å². The van der Waals surface area contributed by atoms with Gasteiger partial charge in [0, 0.05) is 20.1 Å². The molecular formula is C19H23F3N2O6. The fraction of sp³-hybridized carbons (Fsp3) is 0.579. The molecule has 0 bridgehead atoms. The first kappa shape index (κ1) is 22.2. The van der Waals surface area contributed by atoms with Gasteiger partial charge in [-0.2, -0.15) is 13.2 Å². The van der Waals surface area contributed by atoms with Crippen molar-refractivity contribution in [2.45, 2.75) is 37.8 Å². The van der Waals surface area contributed by atoms with Crippen molar-refractivity contribution in [1.82, 2.24) is 10.2 Å². The zero-order chi connectivity index (χ0) is 21.9. The molecule has 0 radical (unpaired) electrons. The monoisotopic (exact) mass is 432 g/mol. The van der Waals surface area contributed by atoms with E-state index in [1.165, 1.54) is 5.56 Å². The lowest BCUT2D eigenvalue weighted by molar-refractivity contribution is -0.192. The van der Waals surface area contributed by atoms with Gasteiger partial charge in [0.1, 0.15) is 6.10 Å². The summed E-state index contributed by atoms with van der Waals surface area (Å²) in [5.41, 5.74) is 1.22. The first-order valence-electron chi connectivity index (χ1n) is 9.45. The van der Waals surface area contributed by atoms with Crippen molar-refractivity contribution in [3.8, 4) is 11.5 Å². The van der Waals surface area contributed by atoms with E-state index < -0.39 is 12.1 Å². The van der Waals surface area contributed by atoms with E-state index in [2.05, 4.69) is 22.3 Å². The number of carboxylic acids is 1. The van der Waals surface area contributed by atoms with Crippen LogP contribution in [0.5, 0.6) is 11.5 Å². The number of rotatable bonds is 3. The number of ether oxygens (including phenoxy) is 3. The van der Waals surface area contributed by atoms with Crippen molar-refractivity contribution in [3.05, 3.63) is 23.8 Å². The highest BCUT2D eigenvalue weighted by molar-refractivity contribution is 5.80. The van der Waals surface area contributed by atoms with Gasteiger partial charge in [-0.05, 0) is 43.0 Å². The van der Waals surface area contributed by atoms with Crippen LogP contribution in [0.4, 0.5) is 13.2 Å². The number of carbonyl (C=O) groups excluding carboxylic acids is 1. The molecule has 2 N–H and O–H groups in total. The minimum Gasteiger partial charge on any atom is -0.475 e. The molecule has 2 fully saturated rings. The van der Waals surface area contributed by atoms with Gasteiger partial charge >= 0.3 is 12.1 Å². The highest BCUT2D eigenvalue weighted by Gasteiger charge is 2.41. The number of halogens is 3. The van der Waals surface area contributed by atoms with Gasteiger partial charge in [0.15, 0.2) is 11.5 Å². The molecule has 3 heterocycles. The Morgan fingerprint density at radius 1 is 1.27 bits per heavy atom. The molecule has 4 rings (SSSR count). The fourth-order valence-electron chi connectivity index (χ4n) is 3.77. The molecule has 0 aliphatic carbocycles. The van der Waals surface area contributed by atoms with Crippen LogP contribution in [-0.4, -0.2) is 67.2 Å². The van der Waals surface area contributed by atoms with E-state index in [9.17, 15) is 18.0 Å². The number of nitrogens with one attached hydrogen (secondary N) is 1. The van der Waals surface area contributed by atoms with E-state index in [0.717, 1.165) is 44.0 Å². The van der Waals surface area contributed by atoms with Crippen LogP contribution in [0, 0.1) is 5.92 Å². The largest absolute Gasteiger partial charge is 0.490 e. The fourth-order valence-corrected chi connectivity index (χ4v) is 3.77. The number of likely N-dealkylation sites (tertiary alicyclic amines) is 1. The smallest absolute Gasteiger partial charge is 0.475 e. The maximum atomic E-state index is 11.8. The van der Waals surface area contributed by atoms with Crippen molar-refractivity contribution in [3.63, 3.8) is 0 Å². The molecular weight excluding hydrogens is 409 g/mol. The van der Waals surface area contributed by atoms with Crippen LogP contribution in [0.15, 0.2) is 18.2 Å². The van der Waals surface area contributed by atoms with E-state index in [4.69, 9.17) is 24.1 Å². The third kappa shape index (κ3) is 5.33. The summed E-state index contributed by atoms with van der Waals surface area (Å²) >= 11 is 0. The first-order valence-corrected chi connectivity index (χ1v) is 9.45. The Kier molecular flexibility index (Phi) is 6.71. The number of nitrogens with zero attached hydrogens (tertiary/aromatic N) is 1. The van der Waals surface area contributed by atoms with Crippen LogP contribution < -0.4 is 14.8 Å². The average molecular weight is 432 g/mol. The van der Waals surface area contributed by atoms with Gasteiger partial charge in [-0.25, -0.2) is 4.79 Å². The predicted molar refractivity (Wildman–Crippen MR) is 97.0 cm³/mol. The second-order valence-corrected chi connectivity index (χ2v) is 7.29. The number of hydrogen-bond donors (Lipinski definition) is 2. The summed E-state index contributed by atoms with van der Waals surface area (Å²) in [5.74, 6) is -0.603. The number of aliphatic carboxylic acids is 1. The predicted octanol–water partition coefficient (Wildman–Crippen LogP) is 1.77. The van der Waals surface area contributed by atoms with Crippen LogP contribution in [0.3, 0.4) is 0 Å². The minimum atomic E-state index is -5.08. The molecule has 3 atom stereocenters. The number of fused-ring (bicyclic) bond motifs is 2. The molecule has 0 aromatic heterocycles. The Morgan fingerprint density at radius 2 is 1.97 bits per heavy atom. The SMILES string of the molecule is CNC(=O)[C@H]1C[C@@H]2CCN(Cc3ccc4c(c3)OCO4)C[C@H]2O1.O=C(O)C(F)(F)F. The van der Waals surface area contributed by atoms with Crippen molar-refractivity contribution < 1.29 is 42.1 Å². The average Bonchev–Trinajstić information content (AvgIpc) is 3.33. The van der Waals surface area contributed by atoms with Crippen molar-refractivity contribution in [2.24, 2.45) is 5.92 Å². The van der Waals surface area contributed by atoms with Crippen LogP contribution in [0.2, 0.25) is 0 Å². The van der Waals surface area contributed by atoms with Gasteiger partial charge in [-0.3, -0.25) is 9.69 Å². The van der Waals surface area contributed by atoms with Crippen LogP contribution in [0.1, 0.15) is 18.4 Å². The van der Waals surface area contributed by atoms with Crippen LogP contribution in [-0.2, 0) is 20.9 Å². The van der Waals surface area contributed by atoms with E-state index >= 15 is 0 Å². The van der Waals surface area contributed by atoms with Crippen LogP contribution in [0.25, 0.3) is 0 Å². The standard InChI is InChI=1S/C17H22N2O4.C2HF3O2/c1-18-17(20)15-7-12-4-5-19(9-16(12)23-15)8-11-2-3-13-14(6-11)22-10-21-13;3-2(4,5)1(6)7/h2-3,6,12,15-16H,4-5,7-10H2,1H3,(H,18,20);(H,6,7)/t12-,15+,16+;/m0./s1. The number of hydrogen-bond acceptors (Lipinski definition) is 6. The summed E-state index contributed by atoms with van der Waals surface area (Å²) in [7, 11) is 1.67. The number of carboxylic acid groups (broad SMARTS) is 1. The van der Waals surface area contributed by atoms with Crippen LogP contribution >= 0.6 is 0 Å². The normalized spacial score (nSPS) is 25.1. The molecule has 0 unspecified atom stereocenters. The number of carbonyl (C=O) groups is 2. The molecule has 0 spiro atoms. The molecule has 3 aliphatic heterocycles. The van der Waals surface area contributed by atoms with E-state index in [1.807, 2.05) is 6.07 Å². The Balaban J connectivity index is 0.000000318. The summed E-state index contributed by atoms with van der Waals surface area (Å²) < 4.78 is 48.5. The molecule has 2 saturated heterocycles. The molecule has 30 heavy (non-hydrogen) atoms. The zero-order valence-electron chi connectivity index (χ0n) is 16.3. The summed E-state index contributed by atoms with van der Waals surface area (Å²) in [5, 5.41) is 9.81. The van der Waals surface area contributed by atoms with E-state index in [1.54, 1.807) is 7.05 Å². The van der Waals surface area contributed by atoms with Crippen molar-refractivity contribution in [1.29, 1.82) is 0 Å². The maximum absolute atomic E-state index is 11.8. The maximum Gasteiger partial charge on any atom is 0.490 e.